The van der Waals surface area contributed by atoms with E-state index >= 15 is 0 Å². The number of hydrogen-bond donors (Lipinski definition) is 2. The van der Waals surface area contributed by atoms with E-state index in [1.165, 1.54) is 23.1 Å². The zero-order valence-corrected chi connectivity index (χ0v) is 12.9. The summed E-state index contributed by atoms with van der Waals surface area (Å²) in [5.74, 6) is 0.0674. The van der Waals surface area contributed by atoms with E-state index in [1.54, 1.807) is 18.3 Å². The summed E-state index contributed by atoms with van der Waals surface area (Å²) >= 11 is 7.82. The van der Waals surface area contributed by atoms with Gasteiger partial charge in [0.15, 0.2) is 5.13 Å². The van der Waals surface area contributed by atoms with Gasteiger partial charge in [0.1, 0.15) is 4.64 Å². The third-order valence-corrected chi connectivity index (χ3v) is 4.94. The second-order valence-corrected chi connectivity index (χ2v) is 6.36. The van der Waals surface area contributed by atoms with Gasteiger partial charge < -0.3 is 4.98 Å². The Hall–Kier alpha value is -1.69. The number of carbonyl (C=O) groups excluding carboxylic acids is 1. The molecule has 0 aliphatic heterocycles. The van der Waals surface area contributed by atoms with Crippen LogP contribution in [-0.2, 0) is 0 Å². The highest BCUT2D eigenvalue weighted by Crippen LogP contribution is 2.31. The van der Waals surface area contributed by atoms with E-state index in [9.17, 15) is 4.79 Å². The lowest BCUT2D eigenvalue weighted by atomic mass is 10.3. The molecule has 5 nitrogen and oxygen atoms in total. The summed E-state index contributed by atoms with van der Waals surface area (Å²) in [7, 11) is 0. The minimum atomic E-state index is -0.294. The van der Waals surface area contributed by atoms with Crippen LogP contribution in [-0.4, -0.2) is 21.6 Å². The Morgan fingerprint density at radius 1 is 1.70 bits per heavy atom. The number of nitriles is 1. The van der Waals surface area contributed by atoms with Gasteiger partial charge >= 0.3 is 0 Å². The fourth-order valence-corrected chi connectivity index (χ4v) is 3.46. The van der Waals surface area contributed by atoms with Crippen molar-refractivity contribution in [1.29, 1.82) is 5.26 Å². The van der Waals surface area contributed by atoms with Crippen molar-refractivity contribution in [1.82, 2.24) is 9.97 Å². The standard InChI is InChI=1S/C12H10N4OS3/c1-7-11(19-6-4-13)20-12(15-7)16-9(17)8-3-2-5-14-10(8)18/h2-3,5H,6H2,1H3,(H,14,18)(H,15,16,17). The van der Waals surface area contributed by atoms with E-state index in [0.29, 0.717) is 21.1 Å². The third-order valence-electron chi connectivity index (χ3n) is 2.31. The van der Waals surface area contributed by atoms with Gasteiger partial charge in [0.05, 0.1) is 27.3 Å². The Balaban J connectivity index is 2.15. The van der Waals surface area contributed by atoms with Gasteiger partial charge in [-0.1, -0.05) is 35.3 Å². The average molecular weight is 322 g/mol. The highest BCUT2D eigenvalue weighted by atomic mass is 32.2. The molecule has 102 valence electrons. The molecule has 0 aromatic carbocycles. The minimum absolute atomic E-state index is 0.294. The second kappa shape index (κ2) is 6.65. The normalized spacial score (nSPS) is 10.0. The Kier molecular flexibility index (Phi) is 4.89. The summed E-state index contributed by atoms with van der Waals surface area (Å²) in [6, 6.07) is 5.43. The Bertz CT molecular complexity index is 729. The molecule has 1 amide bonds. The van der Waals surface area contributed by atoms with Crippen molar-refractivity contribution in [3.63, 3.8) is 0 Å². The van der Waals surface area contributed by atoms with Gasteiger partial charge in [-0.25, -0.2) is 4.98 Å². The van der Waals surface area contributed by atoms with Crippen molar-refractivity contribution < 1.29 is 4.79 Å². The Labute approximate surface area is 129 Å². The molecule has 0 saturated heterocycles. The molecule has 0 fully saturated rings. The Morgan fingerprint density at radius 2 is 2.50 bits per heavy atom. The van der Waals surface area contributed by atoms with Crippen LogP contribution in [0.4, 0.5) is 5.13 Å². The van der Waals surface area contributed by atoms with Gasteiger partial charge in [-0.15, -0.1) is 0 Å². The second-order valence-electron chi connectivity index (χ2n) is 3.71. The molecule has 0 spiro atoms. The number of nitrogens with zero attached hydrogens (tertiary/aromatic N) is 2. The van der Waals surface area contributed by atoms with Crippen LogP contribution < -0.4 is 5.32 Å². The fourth-order valence-electron chi connectivity index (χ4n) is 1.43. The molecule has 2 aromatic rings. The van der Waals surface area contributed by atoms with Crippen molar-refractivity contribution >= 4 is 46.4 Å². The summed E-state index contributed by atoms with van der Waals surface area (Å²) in [5.41, 5.74) is 1.21. The number of anilines is 1. The van der Waals surface area contributed by atoms with Crippen molar-refractivity contribution in [3.05, 3.63) is 34.2 Å². The monoisotopic (exact) mass is 322 g/mol. The summed E-state index contributed by atoms with van der Waals surface area (Å²) in [5, 5.41) is 11.8. The van der Waals surface area contributed by atoms with Gasteiger partial charge in [0, 0.05) is 6.20 Å². The molecule has 0 saturated carbocycles. The van der Waals surface area contributed by atoms with E-state index in [0.717, 1.165) is 9.90 Å². The zero-order valence-electron chi connectivity index (χ0n) is 10.5. The quantitative estimate of drug-likeness (QED) is 0.666. The van der Waals surface area contributed by atoms with Crippen molar-refractivity contribution in [3.8, 4) is 6.07 Å². The number of aromatic nitrogens is 2. The van der Waals surface area contributed by atoms with E-state index in [-0.39, 0.29) is 5.91 Å². The fraction of sp³-hybridized carbons (Fsp3) is 0.167. The van der Waals surface area contributed by atoms with Gasteiger partial charge in [0.2, 0.25) is 0 Å². The van der Waals surface area contributed by atoms with Gasteiger partial charge in [-0.2, -0.15) is 5.26 Å². The number of thioether (sulfide) groups is 1. The van der Waals surface area contributed by atoms with E-state index < -0.39 is 0 Å². The van der Waals surface area contributed by atoms with Crippen LogP contribution in [0.2, 0.25) is 0 Å². The highest BCUT2D eigenvalue weighted by Gasteiger charge is 2.13. The van der Waals surface area contributed by atoms with Crippen LogP contribution >= 0.6 is 35.3 Å². The SMILES string of the molecule is Cc1nc(NC(=O)c2ccc[nH]c2=S)sc1SCC#N. The molecule has 20 heavy (non-hydrogen) atoms. The molecule has 2 aromatic heterocycles. The molecule has 0 aliphatic carbocycles. The first kappa shape index (κ1) is 14.7. The smallest absolute Gasteiger partial charge is 0.260 e. The molecule has 8 heteroatoms. The summed E-state index contributed by atoms with van der Waals surface area (Å²) in [6.45, 7) is 1.85. The molecule has 2 rings (SSSR count). The largest absolute Gasteiger partial charge is 0.352 e. The third kappa shape index (κ3) is 3.45. The first-order chi connectivity index (χ1) is 9.61. The lowest BCUT2D eigenvalue weighted by molar-refractivity contribution is 0.102. The number of H-pyrrole nitrogens is 1. The van der Waals surface area contributed by atoms with Crippen LogP contribution in [0.15, 0.2) is 22.5 Å². The predicted molar refractivity (Wildman–Crippen MR) is 82.8 cm³/mol. The van der Waals surface area contributed by atoms with Crippen LogP contribution in [0.25, 0.3) is 0 Å². The van der Waals surface area contributed by atoms with Gasteiger partial charge in [0.25, 0.3) is 5.91 Å². The topological polar surface area (TPSA) is 81.6 Å². The maximum atomic E-state index is 12.1. The lowest BCUT2D eigenvalue weighted by Crippen LogP contribution is -2.12. The average Bonchev–Trinajstić information content (AvgIpc) is 2.76. The maximum Gasteiger partial charge on any atom is 0.260 e. The number of pyridine rings is 1. The van der Waals surface area contributed by atoms with Crippen LogP contribution in [0, 0.1) is 22.9 Å². The Morgan fingerprint density at radius 3 is 3.20 bits per heavy atom. The van der Waals surface area contributed by atoms with Crippen molar-refractivity contribution in [2.75, 3.05) is 11.1 Å². The van der Waals surface area contributed by atoms with Crippen molar-refractivity contribution in [2.24, 2.45) is 0 Å². The van der Waals surface area contributed by atoms with Gasteiger partial charge in [-0.05, 0) is 19.1 Å². The molecule has 0 atom stereocenters. The minimum Gasteiger partial charge on any atom is -0.352 e. The van der Waals surface area contributed by atoms with Crippen molar-refractivity contribution in [2.45, 2.75) is 11.1 Å². The van der Waals surface area contributed by atoms with E-state index in [1.807, 2.05) is 6.92 Å². The molecule has 0 aliphatic rings. The molecular weight excluding hydrogens is 312 g/mol. The van der Waals surface area contributed by atoms with Crippen LogP contribution in [0.5, 0.6) is 0 Å². The number of amides is 1. The molecular formula is C12H10N4OS3. The summed E-state index contributed by atoms with van der Waals surface area (Å²) in [6.07, 6.45) is 1.67. The predicted octanol–water partition coefficient (Wildman–Crippen LogP) is 3.38. The lowest BCUT2D eigenvalue weighted by Gasteiger charge is -2.00. The first-order valence-electron chi connectivity index (χ1n) is 5.58. The zero-order chi connectivity index (χ0) is 14.5. The molecule has 0 unspecified atom stereocenters. The number of hydrogen-bond acceptors (Lipinski definition) is 6. The number of aryl methyl sites for hydroxylation is 1. The molecule has 2 heterocycles. The van der Waals surface area contributed by atoms with Crippen LogP contribution in [0.1, 0.15) is 16.1 Å². The number of rotatable bonds is 4. The highest BCUT2D eigenvalue weighted by molar-refractivity contribution is 8.01. The number of nitrogens with one attached hydrogen (secondary N) is 2. The summed E-state index contributed by atoms with van der Waals surface area (Å²) in [4.78, 5) is 19.2. The van der Waals surface area contributed by atoms with E-state index in [4.69, 9.17) is 17.5 Å². The first-order valence-corrected chi connectivity index (χ1v) is 7.79. The van der Waals surface area contributed by atoms with Gasteiger partial charge in [-0.3, -0.25) is 10.1 Å². The molecule has 0 bridgehead atoms. The van der Waals surface area contributed by atoms with Crippen LogP contribution in [0.3, 0.4) is 0 Å². The van der Waals surface area contributed by atoms with E-state index in [2.05, 4.69) is 21.4 Å². The number of aromatic amines is 1. The summed E-state index contributed by atoms with van der Waals surface area (Å²) < 4.78 is 1.32. The molecule has 0 radical (unpaired) electrons. The number of carbonyl (C=O) groups is 1. The maximum absolute atomic E-state index is 12.1. The number of thiazole rings is 1. The molecule has 2 N–H and O–H groups in total.